The number of hydrogen-bond acceptors (Lipinski definition) is 4. The van der Waals surface area contributed by atoms with Crippen LogP contribution in [0.4, 0.5) is 34.1 Å². The molecule has 278 valence electrons. The van der Waals surface area contributed by atoms with Crippen LogP contribution in [-0.2, 0) is 10.8 Å². The van der Waals surface area contributed by atoms with Crippen molar-refractivity contribution in [1.82, 2.24) is 0 Å². The van der Waals surface area contributed by atoms with E-state index in [0.29, 0.717) is 0 Å². The predicted octanol–water partition coefficient (Wildman–Crippen LogP) is 16.3. The number of nitrogens with zero attached hydrogens (tertiary/aromatic N) is 2. The third kappa shape index (κ3) is 4.64. The topological polar surface area (TPSA) is 6.48 Å². The zero-order chi connectivity index (χ0) is 38.9. The molecule has 4 heterocycles. The molecule has 0 spiro atoms. The van der Waals surface area contributed by atoms with Crippen LogP contribution in [-0.4, -0.2) is 0 Å². The highest BCUT2D eigenvalue weighted by Crippen LogP contribution is 2.57. The Morgan fingerprint density at radius 3 is 1.16 bits per heavy atom. The third-order valence-electron chi connectivity index (χ3n) is 13.0. The first-order chi connectivity index (χ1) is 28.3. The zero-order valence-corrected chi connectivity index (χ0v) is 34.5. The van der Waals surface area contributed by atoms with Crippen LogP contribution in [0.1, 0.15) is 49.9 Å². The van der Waals surface area contributed by atoms with Gasteiger partial charge in [0.05, 0.1) is 43.5 Å². The second-order valence-electron chi connectivity index (χ2n) is 16.9. The van der Waals surface area contributed by atoms with Crippen molar-refractivity contribution in [1.29, 1.82) is 0 Å². The lowest BCUT2D eigenvalue weighted by Crippen LogP contribution is -2.31. The van der Waals surface area contributed by atoms with Gasteiger partial charge in [0.15, 0.2) is 0 Å². The maximum Gasteiger partial charge on any atom is 0.0640 e. The Morgan fingerprint density at radius 1 is 0.328 bits per heavy atom. The second kappa shape index (κ2) is 12.2. The van der Waals surface area contributed by atoms with E-state index in [4.69, 9.17) is 0 Å². The van der Waals surface area contributed by atoms with E-state index in [0.717, 1.165) is 0 Å². The minimum absolute atomic E-state index is 0.210. The second-order valence-corrected chi connectivity index (χ2v) is 19.0. The Bertz CT molecular complexity index is 3100. The van der Waals surface area contributed by atoms with Gasteiger partial charge in [-0.15, -0.1) is 22.7 Å². The van der Waals surface area contributed by atoms with Crippen molar-refractivity contribution in [3.8, 4) is 11.1 Å². The molecule has 8 aromatic carbocycles. The predicted molar refractivity (Wildman–Crippen MR) is 251 cm³/mol. The summed E-state index contributed by atoms with van der Waals surface area (Å²) in [6.07, 6.45) is 0. The molecule has 4 heteroatoms. The van der Waals surface area contributed by atoms with Gasteiger partial charge in [0, 0.05) is 41.8 Å². The smallest absolute Gasteiger partial charge is 0.0640 e. The largest absolute Gasteiger partial charge is 0.308 e. The average Bonchev–Trinajstić information content (AvgIpc) is 3.83. The molecule has 10 aromatic rings. The van der Waals surface area contributed by atoms with E-state index in [1.165, 1.54) is 108 Å². The fraction of sp³-hybridized carbons (Fsp3) is 0.111. The lowest BCUT2D eigenvalue weighted by molar-refractivity contribution is 0.631. The highest BCUT2D eigenvalue weighted by molar-refractivity contribution is 7.26. The number of hydrogen-bond donors (Lipinski definition) is 0. The number of para-hydroxylation sites is 2. The molecule has 0 radical (unpaired) electrons. The van der Waals surface area contributed by atoms with Crippen molar-refractivity contribution in [2.45, 2.75) is 38.5 Å². The molecule has 12 rings (SSSR count). The van der Waals surface area contributed by atoms with E-state index in [9.17, 15) is 0 Å². The number of benzene rings is 8. The van der Waals surface area contributed by atoms with E-state index in [1.807, 2.05) is 22.7 Å². The van der Waals surface area contributed by atoms with Crippen LogP contribution in [0.5, 0.6) is 0 Å². The Hall–Kier alpha value is -6.20. The van der Waals surface area contributed by atoms with Gasteiger partial charge in [0.1, 0.15) is 0 Å². The quantitative estimate of drug-likeness (QED) is 0.176. The first-order valence-corrected chi connectivity index (χ1v) is 21.8. The van der Waals surface area contributed by atoms with Gasteiger partial charge in [-0.3, -0.25) is 0 Å². The standard InChI is InChI=1S/C54H40N2S2/c1-53(2)39-19-7-9-21-43(39)55(47-23-13-17-37-35-15-5-11-25-49(35)57-51(37)47)45-29-27-33(31-41(45)53)34-28-30-46-42(32-34)54(3,4)40-20-8-10-22-44(40)56(46)48-24-14-18-38-36-16-6-12-26-50(36)58-52(38)48/h5-32H,1-4H3. The van der Waals surface area contributed by atoms with Gasteiger partial charge in [-0.25, -0.2) is 0 Å². The van der Waals surface area contributed by atoms with Crippen molar-refractivity contribution < 1.29 is 0 Å². The van der Waals surface area contributed by atoms with Gasteiger partial charge in [0.25, 0.3) is 0 Å². The number of fused-ring (bicyclic) bond motifs is 10. The van der Waals surface area contributed by atoms with Crippen molar-refractivity contribution in [3.05, 3.63) is 192 Å². The maximum absolute atomic E-state index is 2.52. The molecular weight excluding hydrogens is 741 g/mol. The van der Waals surface area contributed by atoms with Crippen LogP contribution in [0, 0.1) is 0 Å². The van der Waals surface area contributed by atoms with Gasteiger partial charge in [-0.2, -0.15) is 0 Å². The lowest BCUT2D eigenvalue weighted by atomic mass is 9.71. The average molecular weight is 781 g/mol. The molecule has 2 aromatic heterocycles. The molecule has 0 amide bonds. The van der Waals surface area contributed by atoms with E-state index < -0.39 is 0 Å². The number of anilines is 6. The molecule has 0 aliphatic carbocycles. The van der Waals surface area contributed by atoms with E-state index in [-0.39, 0.29) is 10.8 Å². The fourth-order valence-corrected chi connectivity index (χ4v) is 12.5. The van der Waals surface area contributed by atoms with Crippen LogP contribution < -0.4 is 9.80 Å². The van der Waals surface area contributed by atoms with Crippen molar-refractivity contribution >= 4 is 97.1 Å². The first kappa shape index (κ1) is 33.9. The highest BCUT2D eigenvalue weighted by atomic mass is 32.1. The highest BCUT2D eigenvalue weighted by Gasteiger charge is 2.40. The molecular formula is C54H40N2S2. The molecule has 0 saturated carbocycles. The first-order valence-electron chi connectivity index (χ1n) is 20.2. The Balaban J connectivity index is 1.04. The SMILES string of the molecule is CC1(C)c2ccccc2N(c2cccc3c2sc2ccccc23)c2ccc(-c3ccc4c(c3)C(C)(C)c3ccccc3N4c3cccc4c3sc3ccccc34)cc21. The van der Waals surface area contributed by atoms with E-state index in [1.54, 1.807) is 0 Å². The lowest BCUT2D eigenvalue weighted by Gasteiger charge is -2.43. The molecule has 0 saturated heterocycles. The Labute approximate surface area is 346 Å². The van der Waals surface area contributed by atoms with Crippen LogP contribution >= 0.6 is 22.7 Å². The Kier molecular flexibility index (Phi) is 7.10. The third-order valence-corrected chi connectivity index (χ3v) is 15.5. The number of rotatable bonds is 3. The maximum atomic E-state index is 2.52. The summed E-state index contributed by atoms with van der Waals surface area (Å²) in [6.45, 7) is 9.58. The van der Waals surface area contributed by atoms with Crippen LogP contribution in [0.2, 0.25) is 0 Å². The van der Waals surface area contributed by atoms with Gasteiger partial charge >= 0.3 is 0 Å². The summed E-state index contributed by atoms with van der Waals surface area (Å²) in [6, 6.07) is 63.7. The summed E-state index contributed by atoms with van der Waals surface area (Å²) < 4.78 is 5.29. The fourth-order valence-electron chi connectivity index (χ4n) is 10.1. The van der Waals surface area contributed by atoms with Gasteiger partial charge in [-0.1, -0.05) is 137 Å². The van der Waals surface area contributed by atoms with Crippen molar-refractivity contribution in [3.63, 3.8) is 0 Å². The van der Waals surface area contributed by atoms with E-state index >= 15 is 0 Å². The molecule has 2 nitrogen and oxygen atoms in total. The summed E-state index contributed by atoms with van der Waals surface area (Å²) in [7, 11) is 0. The van der Waals surface area contributed by atoms with Crippen LogP contribution in [0.25, 0.3) is 51.5 Å². The van der Waals surface area contributed by atoms with E-state index in [2.05, 4.69) is 207 Å². The van der Waals surface area contributed by atoms with Crippen LogP contribution in [0.3, 0.4) is 0 Å². The van der Waals surface area contributed by atoms with Crippen molar-refractivity contribution in [2.75, 3.05) is 9.80 Å². The van der Waals surface area contributed by atoms with Gasteiger partial charge < -0.3 is 9.80 Å². The van der Waals surface area contributed by atoms with Gasteiger partial charge in [0.2, 0.25) is 0 Å². The van der Waals surface area contributed by atoms with Crippen molar-refractivity contribution in [2.24, 2.45) is 0 Å². The normalized spacial score (nSPS) is 15.1. The molecule has 0 fully saturated rings. The summed E-state index contributed by atoms with van der Waals surface area (Å²) in [4.78, 5) is 5.05. The van der Waals surface area contributed by atoms with Crippen LogP contribution in [0.15, 0.2) is 170 Å². The van der Waals surface area contributed by atoms with Gasteiger partial charge in [-0.05, 0) is 94.0 Å². The molecule has 2 aliphatic rings. The molecule has 0 atom stereocenters. The summed E-state index contributed by atoms with van der Waals surface area (Å²) in [5, 5.41) is 5.27. The number of thiophene rings is 2. The Morgan fingerprint density at radius 2 is 0.690 bits per heavy atom. The monoisotopic (exact) mass is 780 g/mol. The summed E-state index contributed by atoms with van der Waals surface area (Å²) in [5.74, 6) is 0. The molecule has 0 bridgehead atoms. The minimum Gasteiger partial charge on any atom is -0.308 e. The molecule has 58 heavy (non-hydrogen) atoms. The zero-order valence-electron chi connectivity index (χ0n) is 32.9. The summed E-state index contributed by atoms with van der Waals surface area (Å²) >= 11 is 3.79. The summed E-state index contributed by atoms with van der Waals surface area (Å²) in [5.41, 5.74) is 14.9. The molecule has 0 unspecified atom stereocenters. The minimum atomic E-state index is -0.210. The molecule has 2 aliphatic heterocycles. The molecule has 0 N–H and O–H groups in total.